The predicted molar refractivity (Wildman–Crippen MR) is 130 cm³/mol. The molecule has 0 heterocycles. The Balaban J connectivity index is 1.48. The summed E-state index contributed by atoms with van der Waals surface area (Å²) >= 11 is 6.83. The van der Waals surface area contributed by atoms with Crippen molar-refractivity contribution in [2.45, 2.75) is 84.4 Å². The third-order valence-electron chi connectivity index (χ3n) is 8.13. The summed E-state index contributed by atoms with van der Waals surface area (Å²) in [7, 11) is 0. The molecule has 1 unspecified atom stereocenters. The maximum absolute atomic E-state index is 11.4. The first-order valence-corrected chi connectivity index (χ1v) is 12.5. The van der Waals surface area contributed by atoms with Crippen LogP contribution in [0.2, 0.25) is 5.02 Å². The first-order valence-electron chi connectivity index (χ1n) is 12.1. The predicted octanol–water partition coefficient (Wildman–Crippen LogP) is 6.99. The number of hydrogen-bond acceptors (Lipinski definition) is 3. The molecule has 174 valence electrons. The van der Waals surface area contributed by atoms with E-state index in [1.54, 1.807) is 0 Å². The van der Waals surface area contributed by atoms with Gasteiger partial charge in [-0.25, -0.2) is 0 Å². The topological polar surface area (TPSA) is 58.6 Å². The van der Waals surface area contributed by atoms with E-state index < -0.39 is 5.97 Å². The maximum atomic E-state index is 11.4. The molecule has 0 spiro atoms. The van der Waals surface area contributed by atoms with Crippen LogP contribution in [0.15, 0.2) is 30.3 Å². The average Bonchev–Trinajstić information content (AvgIpc) is 2.78. The Morgan fingerprint density at radius 1 is 1.22 bits per heavy atom. The van der Waals surface area contributed by atoms with Crippen LogP contribution >= 0.6 is 11.6 Å². The number of benzene rings is 2. The summed E-state index contributed by atoms with van der Waals surface area (Å²) in [6, 6.07) is 10.8. The minimum atomic E-state index is -0.700. The molecule has 32 heavy (non-hydrogen) atoms. The van der Waals surface area contributed by atoms with Crippen LogP contribution in [0.5, 0.6) is 5.75 Å². The third kappa shape index (κ3) is 4.49. The van der Waals surface area contributed by atoms with Crippen molar-refractivity contribution in [3.8, 4) is 5.75 Å². The van der Waals surface area contributed by atoms with Crippen LogP contribution in [0.3, 0.4) is 0 Å². The number of ether oxygens (including phenoxy) is 1. The van der Waals surface area contributed by atoms with Gasteiger partial charge in [0.25, 0.3) is 0 Å². The number of aliphatic carboxylic acids is 1. The van der Waals surface area contributed by atoms with Crippen molar-refractivity contribution in [2.75, 3.05) is 0 Å². The van der Waals surface area contributed by atoms with E-state index in [2.05, 4.69) is 43.4 Å². The van der Waals surface area contributed by atoms with E-state index in [1.807, 2.05) is 19.9 Å². The number of hydrogen-bond donors (Lipinski definition) is 2. The third-order valence-corrected chi connectivity index (χ3v) is 8.52. The van der Waals surface area contributed by atoms with Gasteiger partial charge in [0.15, 0.2) is 0 Å². The minimum Gasteiger partial charge on any atom is -0.489 e. The summed E-state index contributed by atoms with van der Waals surface area (Å²) in [5.74, 6) is 0.630. The first kappa shape index (κ1) is 23.4. The number of halogens is 1. The highest BCUT2D eigenvalue weighted by molar-refractivity contribution is 6.37. The van der Waals surface area contributed by atoms with Gasteiger partial charge in [-0.1, -0.05) is 57.0 Å². The van der Waals surface area contributed by atoms with E-state index >= 15 is 0 Å². The zero-order valence-corrected chi connectivity index (χ0v) is 20.4. The van der Waals surface area contributed by atoms with Crippen LogP contribution in [0.25, 0.3) is 10.8 Å². The van der Waals surface area contributed by atoms with E-state index in [-0.39, 0.29) is 29.5 Å². The Morgan fingerprint density at radius 2 is 1.91 bits per heavy atom. The first-order chi connectivity index (χ1) is 15.2. The lowest BCUT2D eigenvalue weighted by Crippen LogP contribution is -2.59. The van der Waals surface area contributed by atoms with Crippen molar-refractivity contribution in [2.24, 2.45) is 17.3 Å². The van der Waals surface area contributed by atoms with Gasteiger partial charge in [-0.15, -0.1) is 0 Å². The molecule has 2 fully saturated rings. The van der Waals surface area contributed by atoms with Gasteiger partial charge in [-0.05, 0) is 73.4 Å². The highest BCUT2D eigenvalue weighted by Crippen LogP contribution is 2.47. The molecule has 4 rings (SSSR count). The summed E-state index contributed by atoms with van der Waals surface area (Å²) in [5.41, 5.74) is 0.890. The molecule has 5 heteroatoms. The molecule has 2 aromatic rings. The van der Waals surface area contributed by atoms with E-state index in [1.165, 1.54) is 19.3 Å². The van der Waals surface area contributed by atoms with Gasteiger partial charge in [0.2, 0.25) is 0 Å². The molecule has 4 nitrogen and oxygen atoms in total. The smallest absolute Gasteiger partial charge is 0.307 e. The summed E-state index contributed by atoms with van der Waals surface area (Å²) in [6.07, 6.45) is 6.84. The maximum Gasteiger partial charge on any atom is 0.307 e. The molecule has 0 bridgehead atoms. The van der Waals surface area contributed by atoms with E-state index in [4.69, 9.17) is 16.3 Å². The Bertz CT molecular complexity index is 980. The molecule has 0 aromatic heterocycles. The SMILES string of the molecule is CCC1CCC(Oc2ccc3ccc(C(C)N[C@H]4C[C@@H](C(=O)O)C4(C)C)cc3c2Cl)CC1. The molecular weight excluding hydrogens is 422 g/mol. The Labute approximate surface area is 196 Å². The molecule has 2 aliphatic rings. The zero-order chi connectivity index (χ0) is 23.0. The summed E-state index contributed by atoms with van der Waals surface area (Å²) < 4.78 is 6.34. The van der Waals surface area contributed by atoms with Crippen molar-refractivity contribution in [3.05, 3.63) is 40.9 Å². The average molecular weight is 458 g/mol. The van der Waals surface area contributed by atoms with Gasteiger partial charge in [-0.2, -0.15) is 0 Å². The van der Waals surface area contributed by atoms with Crippen LogP contribution in [0.1, 0.15) is 77.8 Å². The highest BCUT2D eigenvalue weighted by Gasteiger charge is 2.52. The number of rotatable bonds is 7. The molecule has 3 atom stereocenters. The van der Waals surface area contributed by atoms with Gasteiger partial charge in [0.05, 0.1) is 17.0 Å². The van der Waals surface area contributed by atoms with Crippen LogP contribution in [-0.2, 0) is 4.79 Å². The molecule has 0 saturated heterocycles. The van der Waals surface area contributed by atoms with Crippen molar-refractivity contribution in [1.82, 2.24) is 5.32 Å². The zero-order valence-electron chi connectivity index (χ0n) is 19.7. The summed E-state index contributed by atoms with van der Waals surface area (Å²) in [5, 5.41) is 15.8. The Kier molecular flexibility index (Phi) is 6.74. The number of carbonyl (C=O) groups is 1. The van der Waals surface area contributed by atoms with Gasteiger partial charge in [-0.3, -0.25) is 4.79 Å². The van der Waals surface area contributed by atoms with Gasteiger partial charge >= 0.3 is 5.97 Å². The van der Waals surface area contributed by atoms with E-state index in [0.717, 1.165) is 40.8 Å². The minimum absolute atomic E-state index is 0.100. The van der Waals surface area contributed by atoms with Crippen LogP contribution in [0.4, 0.5) is 0 Å². The molecule has 0 radical (unpaired) electrons. The molecule has 2 aliphatic carbocycles. The van der Waals surface area contributed by atoms with Gasteiger partial charge in [0, 0.05) is 17.5 Å². The van der Waals surface area contributed by atoms with E-state index in [0.29, 0.717) is 11.4 Å². The molecular formula is C27H36ClNO3. The fraction of sp³-hybridized carbons (Fsp3) is 0.593. The van der Waals surface area contributed by atoms with Gasteiger partial charge in [0.1, 0.15) is 5.75 Å². The van der Waals surface area contributed by atoms with Crippen molar-refractivity contribution in [3.63, 3.8) is 0 Å². The molecule has 2 saturated carbocycles. The standard InChI is InChI=1S/C27H36ClNO3/c1-5-17-6-11-20(12-7-17)32-23-13-10-18-8-9-19(14-21(18)25(23)28)16(2)29-24-15-22(26(30)31)27(24,3)4/h8-10,13-14,16-17,20,22,24,29H,5-7,11-12,15H2,1-4H3,(H,30,31)/t16?,17?,20?,22-,24-/m0/s1. The highest BCUT2D eigenvalue weighted by atomic mass is 35.5. The quantitative estimate of drug-likeness (QED) is 0.470. The second-order valence-electron chi connectivity index (χ2n) is 10.4. The summed E-state index contributed by atoms with van der Waals surface area (Å²) in [4.78, 5) is 11.4. The number of nitrogens with one attached hydrogen (secondary N) is 1. The lowest BCUT2D eigenvalue weighted by molar-refractivity contribution is -0.155. The monoisotopic (exact) mass is 457 g/mol. The van der Waals surface area contributed by atoms with Crippen molar-refractivity contribution < 1.29 is 14.6 Å². The molecule has 2 N–H and O–H groups in total. The van der Waals surface area contributed by atoms with Gasteiger partial charge < -0.3 is 15.2 Å². The summed E-state index contributed by atoms with van der Waals surface area (Å²) in [6.45, 7) is 8.48. The number of carboxylic acid groups (broad SMARTS) is 1. The second-order valence-corrected chi connectivity index (χ2v) is 10.8. The largest absolute Gasteiger partial charge is 0.489 e. The van der Waals surface area contributed by atoms with Crippen LogP contribution < -0.4 is 10.1 Å². The van der Waals surface area contributed by atoms with E-state index in [9.17, 15) is 9.90 Å². The lowest BCUT2D eigenvalue weighted by atomic mass is 9.58. The number of carboxylic acids is 1. The van der Waals surface area contributed by atoms with Crippen LogP contribution in [0, 0.1) is 17.3 Å². The fourth-order valence-electron chi connectivity index (χ4n) is 5.50. The molecule has 2 aromatic carbocycles. The molecule has 0 amide bonds. The molecule has 0 aliphatic heterocycles. The van der Waals surface area contributed by atoms with Crippen LogP contribution in [-0.4, -0.2) is 23.2 Å². The second kappa shape index (κ2) is 9.23. The Hall–Kier alpha value is -1.78. The number of fused-ring (bicyclic) bond motifs is 1. The Morgan fingerprint density at radius 3 is 2.53 bits per heavy atom. The van der Waals surface area contributed by atoms with Crippen molar-refractivity contribution in [1.29, 1.82) is 0 Å². The van der Waals surface area contributed by atoms with Crippen molar-refractivity contribution >= 4 is 28.3 Å². The normalized spacial score (nSPS) is 28.2. The lowest BCUT2D eigenvalue weighted by Gasteiger charge is -2.51. The fourth-order valence-corrected chi connectivity index (χ4v) is 5.78.